The molecule has 3 N–H and O–H groups in total. The first-order valence-electron chi connectivity index (χ1n) is 7.56. The first kappa shape index (κ1) is 17.7. The molecule has 0 saturated carbocycles. The minimum Gasteiger partial charge on any atom is -0.480 e. The number of aromatic amines is 1. The zero-order valence-corrected chi connectivity index (χ0v) is 14.0. The van der Waals surface area contributed by atoms with Crippen LogP contribution in [-0.2, 0) is 4.79 Å². The minimum atomic E-state index is -1.32. The number of hydrogen-bond acceptors (Lipinski definition) is 6. The molecule has 3 heterocycles. The normalized spacial score (nSPS) is 17.2. The quantitative estimate of drug-likeness (QED) is 0.709. The number of amides is 1. The molecule has 0 aromatic carbocycles. The summed E-state index contributed by atoms with van der Waals surface area (Å²) < 4.78 is 0. The fourth-order valence-electron chi connectivity index (χ4n) is 2.72. The van der Waals surface area contributed by atoms with Crippen LogP contribution in [0.4, 0.5) is 10.6 Å². The van der Waals surface area contributed by atoms with Crippen molar-refractivity contribution in [1.82, 2.24) is 19.9 Å². The third kappa shape index (κ3) is 3.31. The molecule has 0 radical (unpaired) electrons. The lowest BCUT2D eigenvalue weighted by Gasteiger charge is -2.38. The minimum absolute atomic E-state index is 0.0539. The van der Waals surface area contributed by atoms with Gasteiger partial charge in [-0.05, 0) is 12.1 Å². The number of aliphatic carboxylic acids is 1. The van der Waals surface area contributed by atoms with Crippen LogP contribution in [-0.4, -0.2) is 67.8 Å². The number of aromatic nitrogens is 3. The van der Waals surface area contributed by atoms with E-state index in [4.69, 9.17) is 16.7 Å². The van der Waals surface area contributed by atoms with Crippen molar-refractivity contribution >= 4 is 29.5 Å². The summed E-state index contributed by atoms with van der Waals surface area (Å²) in [6, 6.07) is 2.01. The van der Waals surface area contributed by atoms with E-state index in [9.17, 15) is 19.5 Å². The summed E-state index contributed by atoms with van der Waals surface area (Å²) in [5.74, 6) is -0.921. The number of carboxylic acids is 1. The van der Waals surface area contributed by atoms with Crippen LogP contribution in [0.15, 0.2) is 29.3 Å². The molecule has 0 aliphatic carbocycles. The van der Waals surface area contributed by atoms with E-state index in [0.29, 0.717) is 5.56 Å². The maximum atomic E-state index is 12.2. The first-order chi connectivity index (χ1) is 12.4. The number of anilines is 1. The lowest BCUT2D eigenvalue weighted by atomic mass is 10.1. The van der Waals surface area contributed by atoms with Gasteiger partial charge in [0.1, 0.15) is 16.9 Å². The van der Waals surface area contributed by atoms with Gasteiger partial charge in [0.2, 0.25) is 0 Å². The molecule has 0 unspecified atom stereocenters. The van der Waals surface area contributed by atoms with Gasteiger partial charge >= 0.3 is 12.1 Å². The third-order valence-corrected chi connectivity index (χ3v) is 4.35. The largest absolute Gasteiger partial charge is 0.480 e. The van der Waals surface area contributed by atoms with Gasteiger partial charge in [0.25, 0.3) is 5.56 Å². The van der Waals surface area contributed by atoms with Crippen LogP contribution in [0.25, 0.3) is 11.4 Å². The number of hydrogen-bond donors (Lipinski definition) is 3. The monoisotopic (exact) mass is 379 g/mol. The Labute approximate surface area is 151 Å². The molecule has 11 heteroatoms. The second-order valence-electron chi connectivity index (χ2n) is 5.56. The summed E-state index contributed by atoms with van der Waals surface area (Å²) in [7, 11) is 0. The number of nitrogens with zero attached hydrogens (tertiary/aromatic N) is 4. The highest BCUT2D eigenvalue weighted by atomic mass is 35.5. The van der Waals surface area contributed by atoms with Gasteiger partial charge in [0.05, 0.1) is 6.54 Å². The number of rotatable bonds is 3. The highest BCUT2D eigenvalue weighted by molar-refractivity contribution is 6.32. The average molecular weight is 380 g/mol. The standard InChI is InChI=1S/C15H14ClN5O5/c16-10-12(18-11(19-13(10)22)8-1-3-17-4-2-8)20-5-6-21(15(25)26)9(7-20)14(23)24/h1-4,9H,5-7H2,(H,23,24)(H,25,26)(H,18,19,22)/t9-/m0/s1. The predicted octanol–water partition coefficient (Wildman–Crippen LogP) is 0.738. The summed E-state index contributed by atoms with van der Waals surface area (Å²) in [6.07, 6.45) is 1.75. The third-order valence-electron chi connectivity index (χ3n) is 4.01. The van der Waals surface area contributed by atoms with E-state index in [1.807, 2.05) is 0 Å². The fraction of sp³-hybridized carbons (Fsp3) is 0.267. The number of carboxylic acid groups (broad SMARTS) is 2. The van der Waals surface area contributed by atoms with Crippen molar-refractivity contribution in [2.45, 2.75) is 6.04 Å². The predicted molar refractivity (Wildman–Crippen MR) is 91.5 cm³/mol. The van der Waals surface area contributed by atoms with E-state index in [-0.39, 0.29) is 36.3 Å². The van der Waals surface area contributed by atoms with E-state index >= 15 is 0 Å². The number of piperazine rings is 1. The molecule has 1 saturated heterocycles. The highest BCUT2D eigenvalue weighted by Gasteiger charge is 2.36. The van der Waals surface area contributed by atoms with Crippen molar-refractivity contribution < 1.29 is 19.8 Å². The van der Waals surface area contributed by atoms with Crippen LogP contribution in [0.5, 0.6) is 0 Å². The number of halogens is 1. The Balaban J connectivity index is 1.99. The molecular formula is C15H14ClN5O5. The molecule has 1 aliphatic heterocycles. The van der Waals surface area contributed by atoms with Gasteiger partial charge in [0, 0.05) is 31.0 Å². The van der Waals surface area contributed by atoms with Crippen LogP contribution in [0.2, 0.25) is 5.02 Å². The Morgan fingerprint density at radius 2 is 1.92 bits per heavy atom. The Kier molecular flexibility index (Phi) is 4.76. The molecule has 2 aromatic heterocycles. The Morgan fingerprint density at radius 3 is 2.54 bits per heavy atom. The molecule has 1 amide bonds. The van der Waals surface area contributed by atoms with E-state index in [1.54, 1.807) is 12.1 Å². The van der Waals surface area contributed by atoms with Gasteiger partial charge < -0.3 is 20.1 Å². The van der Waals surface area contributed by atoms with Gasteiger partial charge in [-0.2, -0.15) is 0 Å². The number of carbonyl (C=O) groups is 2. The zero-order chi connectivity index (χ0) is 18.8. The Bertz CT molecular complexity index is 903. The van der Waals surface area contributed by atoms with Gasteiger partial charge in [-0.1, -0.05) is 11.6 Å². The highest BCUT2D eigenvalue weighted by Crippen LogP contribution is 2.25. The van der Waals surface area contributed by atoms with Gasteiger partial charge in [-0.15, -0.1) is 0 Å². The lowest BCUT2D eigenvalue weighted by Crippen LogP contribution is -2.58. The van der Waals surface area contributed by atoms with Crippen LogP contribution >= 0.6 is 11.6 Å². The number of pyridine rings is 1. The van der Waals surface area contributed by atoms with Crippen LogP contribution in [0, 0.1) is 0 Å². The topological polar surface area (TPSA) is 140 Å². The number of H-pyrrole nitrogens is 1. The van der Waals surface area contributed by atoms with Crippen LogP contribution in [0.3, 0.4) is 0 Å². The van der Waals surface area contributed by atoms with E-state index < -0.39 is 23.7 Å². The summed E-state index contributed by atoms with van der Waals surface area (Å²) in [5, 5.41) is 18.3. The molecular weight excluding hydrogens is 366 g/mol. The first-order valence-corrected chi connectivity index (χ1v) is 7.94. The SMILES string of the molecule is O=C(O)[C@@H]1CN(c2nc(-c3ccncc3)[nH]c(=O)c2Cl)CCN1C(=O)O. The van der Waals surface area contributed by atoms with Crippen molar-refractivity contribution in [2.75, 3.05) is 24.5 Å². The summed E-state index contributed by atoms with van der Waals surface area (Å²) >= 11 is 6.07. The van der Waals surface area contributed by atoms with Crippen molar-refractivity contribution in [3.05, 3.63) is 39.9 Å². The molecule has 0 bridgehead atoms. The molecule has 0 spiro atoms. The smallest absolute Gasteiger partial charge is 0.408 e. The molecule has 2 aromatic rings. The Hall–Kier alpha value is -3.14. The second-order valence-corrected chi connectivity index (χ2v) is 5.94. The van der Waals surface area contributed by atoms with Gasteiger partial charge in [-0.3, -0.25) is 14.7 Å². The molecule has 10 nitrogen and oxygen atoms in total. The van der Waals surface area contributed by atoms with Crippen molar-refractivity contribution in [2.24, 2.45) is 0 Å². The summed E-state index contributed by atoms with van der Waals surface area (Å²) in [4.78, 5) is 47.9. The molecule has 1 atom stereocenters. The zero-order valence-electron chi connectivity index (χ0n) is 13.3. The second kappa shape index (κ2) is 7.00. The van der Waals surface area contributed by atoms with Crippen molar-refractivity contribution in [3.63, 3.8) is 0 Å². The van der Waals surface area contributed by atoms with E-state index in [1.165, 1.54) is 17.3 Å². The van der Waals surface area contributed by atoms with Crippen molar-refractivity contribution in [1.29, 1.82) is 0 Å². The Morgan fingerprint density at radius 1 is 1.23 bits per heavy atom. The van der Waals surface area contributed by atoms with E-state index in [0.717, 1.165) is 4.90 Å². The molecule has 3 rings (SSSR count). The number of nitrogens with one attached hydrogen (secondary N) is 1. The molecule has 26 heavy (non-hydrogen) atoms. The molecule has 136 valence electrons. The molecule has 1 aliphatic rings. The average Bonchev–Trinajstić information content (AvgIpc) is 2.64. The maximum Gasteiger partial charge on any atom is 0.408 e. The van der Waals surface area contributed by atoms with Gasteiger partial charge in [0.15, 0.2) is 5.82 Å². The van der Waals surface area contributed by atoms with E-state index in [2.05, 4.69) is 15.0 Å². The molecule has 1 fully saturated rings. The summed E-state index contributed by atoms with van der Waals surface area (Å²) in [5.41, 5.74) is 0.0324. The van der Waals surface area contributed by atoms with Crippen LogP contribution in [0.1, 0.15) is 0 Å². The van der Waals surface area contributed by atoms with Crippen LogP contribution < -0.4 is 10.5 Å². The van der Waals surface area contributed by atoms with Crippen molar-refractivity contribution in [3.8, 4) is 11.4 Å². The maximum absolute atomic E-state index is 12.2. The lowest BCUT2D eigenvalue weighted by molar-refractivity contribution is -0.142. The fourth-order valence-corrected chi connectivity index (χ4v) is 2.93. The van der Waals surface area contributed by atoms with Gasteiger partial charge in [-0.25, -0.2) is 14.6 Å². The summed E-state index contributed by atoms with van der Waals surface area (Å²) in [6.45, 7) is -0.0721.